The maximum Gasteiger partial charge on any atom is 0.236 e. The van der Waals surface area contributed by atoms with Crippen LogP contribution in [-0.4, -0.2) is 32.6 Å². The van der Waals surface area contributed by atoms with E-state index in [1.807, 2.05) is 5.38 Å². The van der Waals surface area contributed by atoms with E-state index in [4.69, 9.17) is 0 Å². The SMILES string of the molecule is CCSc1nnc(SCC(=O)Nc2nc(-c3ccc(C)c(C)c3)cs2)s1. The molecule has 9 heteroatoms. The minimum Gasteiger partial charge on any atom is -0.301 e. The van der Waals surface area contributed by atoms with Gasteiger partial charge in [0.2, 0.25) is 5.91 Å². The van der Waals surface area contributed by atoms with Gasteiger partial charge < -0.3 is 5.32 Å². The summed E-state index contributed by atoms with van der Waals surface area (Å²) in [5, 5.41) is 13.6. The Hall–Kier alpha value is -1.42. The van der Waals surface area contributed by atoms with Crippen LogP contribution in [0.2, 0.25) is 0 Å². The van der Waals surface area contributed by atoms with E-state index >= 15 is 0 Å². The number of benzene rings is 1. The van der Waals surface area contributed by atoms with Crippen LogP contribution in [0.3, 0.4) is 0 Å². The van der Waals surface area contributed by atoms with Gasteiger partial charge in [-0.15, -0.1) is 21.5 Å². The van der Waals surface area contributed by atoms with Crippen LogP contribution in [0, 0.1) is 13.8 Å². The van der Waals surface area contributed by atoms with Crippen molar-refractivity contribution in [2.24, 2.45) is 0 Å². The summed E-state index contributed by atoms with van der Waals surface area (Å²) in [5.74, 6) is 1.17. The standard InChI is InChI=1S/C17H18N4OS4/c1-4-23-16-20-21-17(26-16)25-9-14(22)19-15-18-13(8-24-15)12-6-5-10(2)11(3)7-12/h5-8H,4,9H2,1-3H3,(H,18,19,22). The predicted octanol–water partition coefficient (Wildman–Crippen LogP) is 5.12. The van der Waals surface area contributed by atoms with Crippen LogP contribution in [0.25, 0.3) is 11.3 Å². The summed E-state index contributed by atoms with van der Waals surface area (Å²) in [5.41, 5.74) is 4.43. The molecule has 1 N–H and O–H groups in total. The molecule has 3 rings (SSSR count). The van der Waals surface area contributed by atoms with Crippen LogP contribution < -0.4 is 5.32 Å². The second-order valence-corrected chi connectivity index (χ2v) is 10.0. The summed E-state index contributed by atoms with van der Waals surface area (Å²) in [7, 11) is 0. The van der Waals surface area contributed by atoms with Gasteiger partial charge in [0.15, 0.2) is 13.8 Å². The molecule has 2 aromatic heterocycles. The van der Waals surface area contributed by atoms with Crippen LogP contribution in [0.15, 0.2) is 32.3 Å². The fraction of sp³-hybridized carbons (Fsp3) is 0.294. The molecule has 0 atom stereocenters. The summed E-state index contributed by atoms with van der Waals surface area (Å²) in [6, 6.07) is 6.26. The molecule has 0 aliphatic rings. The van der Waals surface area contributed by atoms with Crippen LogP contribution in [0.4, 0.5) is 5.13 Å². The first-order chi connectivity index (χ1) is 12.5. The van der Waals surface area contributed by atoms with Crippen LogP contribution in [0.5, 0.6) is 0 Å². The van der Waals surface area contributed by atoms with Gasteiger partial charge in [0.25, 0.3) is 0 Å². The Bertz CT molecular complexity index is 906. The van der Waals surface area contributed by atoms with Crippen LogP contribution in [0.1, 0.15) is 18.1 Å². The quantitative estimate of drug-likeness (QED) is 0.533. The maximum atomic E-state index is 12.1. The van der Waals surface area contributed by atoms with E-state index in [0.29, 0.717) is 10.9 Å². The zero-order chi connectivity index (χ0) is 18.5. The second-order valence-electron chi connectivity index (χ2n) is 5.44. The first-order valence-corrected chi connectivity index (χ1v) is 11.6. The molecule has 1 amide bonds. The third-order valence-electron chi connectivity index (χ3n) is 3.54. The molecular weight excluding hydrogens is 404 g/mol. The summed E-state index contributed by atoms with van der Waals surface area (Å²) in [6.07, 6.45) is 0. The number of thiazole rings is 1. The lowest BCUT2D eigenvalue weighted by molar-refractivity contribution is -0.113. The number of rotatable bonds is 7. The Morgan fingerprint density at radius 3 is 2.65 bits per heavy atom. The molecule has 0 unspecified atom stereocenters. The van der Waals surface area contributed by atoms with E-state index in [0.717, 1.165) is 25.7 Å². The average Bonchev–Trinajstić information content (AvgIpc) is 3.25. The third-order valence-corrected chi connectivity index (χ3v) is 7.37. The van der Waals surface area contributed by atoms with Crippen molar-refractivity contribution in [2.75, 3.05) is 16.8 Å². The first-order valence-electron chi connectivity index (χ1n) is 7.97. The number of carbonyl (C=O) groups is 1. The number of aryl methyl sites for hydroxylation is 2. The number of carbonyl (C=O) groups excluding carboxylic acids is 1. The van der Waals surface area contributed by atoms with Crippen molar-refractivity contribution >= 4 is 57.2 Å². The molecule has 2 heterocycles. The highest BCUT2D eigenvalue weighted by Gasteiger charge is 2.11. The lowest BCUT2D eigenvalue weighted by Crippen LogP contribution is -2.13. The van der Waals surface area contributed by atoms with Gasteiger partial charge in [-0.1, -0.05) is 53.9 Å². The topological polar surface area (TPSA) is 67.8 Å². The van der Waals surface area contributed by atoms with E-state index in [1.54, 1.807) is 11.8 Å². The fourth-order valence-corrected chi connectivity index (χ4v) is 5.54. The van der Waals surface area contributed by atoms with Crippen molar-refractivity contribution in [3.8, 4) is 11.3 Å². The summed E-state index contributed by atoms with van der Waals surface area (Å²) >= 11 is 6.01. The number of thioether (sulfide) groups is 2. The van der Waals surface area contributed by atoms with Crippen molar-refractivity contribution in [3.63, 3.8) is 0 Å². The smallest absolute Gasteiger partial charge is 0.236 e. The highest BCUT2D eigenvalue weighted by atomic mass is 32.2. The predicted molar refractivity (Wildman–Crippen MR) is 113 cm³/mol. The first kappa shape index (κ1) is 19.3. The highest BCUT2D eigenvalue weighted by molar-refractivity contribution is 8.03. The number of aromatic nitrogens is 3. The molecule has 3 aromatic rings. The fourth-order valence-electron chi connectivity index (χ4n) is 2.08. The van der Waals surface area contributed by atoms with E-state index in [1.165, 1.54) is 45.6 Å². The Balaban J connectivity index is 1.56. The van der Waals surface area contributed by atoms with Crippen LogP contribution in [-0.2, 0) is 4.79 Å². The molecule has 0 bridgehead atoms. The van der Waals surface area contributed by atoms with Gasteiger partial charge in [-0.25, -0.2) is 4.98 Å². The van der Waals surface area contributed by atoms with Gasteiger partial charge in [0.05, 0.1) is 11.4 Å². The summed E-state index contributed by atoms with van der Waals surface area (Å²) < 4.78 is 1.75. The molecule has 136 valence electrons. The van der Waals surface area contributed by atoms with Crippen molar-refractivity contribution in [3.05, 3.63) is 34.7 Å². The van der Waals surface area contributed by atoms with E-state index < -0.39 is 0 Å². The summed E-state index contributed by atoms with van der Waals surface area (Å²) in [6.45, 7) is 6.25. The molecule has 0 saturated heterocycles. The van der Waals surface area contributed by atoms with Gasteiger partial charge in [0, 0.05) is 10.9 Å². The Morgan fingerprint density at radius 2 is 1.92 bits per heavy atom. The lowest BCUT2D eigenvalue weighted by atomic mass is 10.1. The number of amides is 1. The Morgan fingerprint density at radius 1 is 1.15 bits per heavy atom. The molecule has 5 nitrogen and oxygen atoms in total. The molecule has 26 heavy (non-hydrogen) atoms. The number of nitrogens with zero attached hydrogens (tertiary/aromatic N) is 3. The van der Waals surface area contributed by atoms with Crippen LogP contribution >= 0.6 is 46.2 Å². The molecule has 0 saturated carbocycles. The number of hydrogen-bond acceptors (Lipinski definition) is 8. The Kier molecular flexibility index (Phi) is 6.68. The molecule has 0 aliphatic heterocycles. The number of nitrogens with one attached hydrogen (secondary N) is 1. The zero-order valence-electron chi connectivity index (χ0n) is 14.6. The molecular formula is C17H18N4OS4. The zero-order valence-corrected chi connectivity index (χ0v) is 17.9. The van der Waals surface area contributed by atoms with E-state index in [2.05, 4.69) is 59.5 Å². The maximum absolute atomic E-state index is 12.1. The minimum absolute atomic E-state index is 0.0871. The van der Waals surface area contributed by atoms with Gasteiger partial charge in [-0.05, 0) is 36.8 Å². The van der Waals surface area contributed by atoms with Gasteiger partial charge in [-0.3, -0.25) is 4.79 Å². The van der Waals surface area contributed by atoms with Gasteiger partial charge in [0.1, 0.15) is 0 Å². The second kappa shape index (κ2) is 8.98. The molecule has 0 fully saturated rings. The lowest BCUT2D eigenvalue weighted by Gasteiger charge is -2.02. The average molecular weight is 423 g/mol. The molecule has 0 spiro atoms. The van der Waals surface area contributed by atoms with Crippen molar-refractivity contribution in [2.45, 2.75) is 29.5 Å². The van der Waals surface area contributed by atoms with E-state index in [9.17, 15) is 4.79 Å². The highest BCUT2D eigenvalue weighted by Crippen LogP contribution is 2.29. The monoisotopic (exact) mass is 422 g/mol. The largest absolute Gasteiger partial charge is 0.301 e. The van der Waals surface area contributed by atoms with Crippen molar-refractivity contribution in [1.82, 2.24) is 15.2 Å². The molecule has 0 aliphatic carbocycles. The third kappa shape index (κ3) is 5.06. The van der Waals surface area contributed by atoms with Gasteiger partial charge in [-0.2, -0.15) is 0 Å². The molecule has 0 radical (unpaired) electrons. The molecule has 1 aromatic carbocycles. The van der Waals surface area contributed by atoms with Gasteiger partial charge >= 0.3 is 0 Å². The minimum atomic E-state index is -0.0871. The van der Waals surface area contributed by atoms with Crippen molar-refractivity contribution < 1.29 is 4.79 Å². The van der Waals surface area contributed by atoms with Crippen molar-refractivity contribution in [1.29, 1.82) is 0 Å². The number of anilines is 1. The summed E-state index contributed by atoms with van der Waals surface area (Å²) in [4.78, 5) is 16.7. The number of hydrogen-bond donors (Lipinski definition) is 1. The Labute approximate surface area is 169 Å². The normalized spacial score (nSPS) is 10.9. The van der Waals surface area contributed by atoms with E-state index in [-0.39, 0.29) is 5.91 Å².